The number of aromatic nitrogens is 2. The number of carbonyl (C=O) groups is 1. The van der Waals surface area contributed by atoms with E-state index in [4.69, 9.17) is 16.1 Å². The van der Waals surface area contributed by atoms with Gasteiger partial charge in [-0.1, -0.05) is 52.7 Å². The van der Waals surface area contributed by atoms with E-state index in [0.717, 1.165) is 16.7 Å². The van der Waals surface area contributed by atoms with Crippen molar-refractivity contribution in [2.45, 2.75) is 25.8 Å². The van der Waals surface area contributed by atoms with Crippen LogP contribution in [0, 0.1) is 6.92 Å². The van der Waals surface area contributed by atoms with Crippen molar-refractivity contribution in [2.24, 2.45) is 0 Å². The molecule has 1 atom stereocenters. The van der Waals surface area contributed by atoms with Gasteiger partial charge in [-0.15, -0.1) is 0 Å². The monoisotopic (exact) mass is 367 g/mol. The van der Waals surface area contributed by atoms with E-state index in [-0.39, 0.29) is 11.8 Å². The molecule has 1 saturated heterocycles. The summed E-state index contributed by atoms with van der Waals surface area (Å²) >= 11 is 6.21. The lowest BCUT2D eigenvalue weighted by Gasteiger charge is -2.16. The molecule has 0 saturated carbocycles. The maximum absolute atomic E-state index is 12.4. The lowest BCUT2D eigenvalue weighted by molar-refractivity contribution is -0.128. The molecular formula is C20H18ClN3O2. The minimum absolute atomic E-state index is 0.0627. The van der Waals surface area contributed by atoms with E-state index in [1.165, 1.54) is 0 Å². The van der Waals surface area contributed by atoms with Gasteiger partial charge in [-0.05, 0) is 30.7 Å². The fraction of sp³-hybridized carbons (Fsp3) is 0.250. The molecule has 0 bridgehead atoms. The summed E-state index contributed by atoms with van der Waals surface area (Å²) in [6.45, 7) is 3.08. The normalized spacial score (nSPS) is 17.1. The van der Waals surface area contributed by atoms with Crippen molar-refractivity contribution in [1.29, 1.82) is 0 Å². The SMILES string of the molecule is Cc1cccc(-c2nc(C3CC(=O)N(Cc4ccccc4Cl)C3)no2)c1. The molecule has 4 rings (SSSR count). The Balaban J connectivity index is 1.50. The van der Waals surface area contributed by atoms with Gasteiger partial charge in [0.05, 0.1) is 0 Å². The average molecular weight is 368 g/mol. The predicted octanol–water partition coefficient (Wildman–Crippen LogP) is 4.21. The molecule has 0 radical (unpaired) electrons. The molecule has 5 nitrogen and oxygen atoms in total. The summed E-state index contributed by atoms with van der Waals surface area (Å²) in [4.78, 5) is 18.7. The Hall–Kier alpha value is -2.66. The van der Waals surface area contributed by atoms with Crippen molar-refractivity contribution in [3.05, 3.63) is 70.5 Å². The third-order valence-electron chi connectivity index (χ3n) is 4.61. The molecule has 132 valence electrons. The average Bonchev–Trinajstić information content (AvgIpc) is 3.24. The zero-order valence-electron chi connectivity index (χ0n) is 14.4. The van der Waals surface area contributed by atoms with E-state index >= 15 is 0 Å². The van der Waals surface area contributed by atoms with E-state index in [0.29, 0.717) is 36.2 Å². The second-order valence-electron chi connectivity index (χ2n) is 6.59. The Morgan fingerprint density at radius 1 is 1.23 bits per heavy atom. The Morgan fingerprint density at radius 3 is 2.88 bits per heavy atom. The van der Waals surface area contributed by atoms with Crippen LogP contribution in [0.1, 0.15) is 29.3 Å². The van der Waals surface area contributed by atoms with Crippen LogP contribution in [0.4, 0.5) is 0 Å². The van der Waals surface area contributed by atoms with E-state index < -0.39 is 0 Å². The number of amides is 1. The Labute approximate surface area is 156 Å². The van der Waals surface area contributed by atoms with Crippen molar-refractivity contribution < 1.29 is 9.32 Å². The molecule has 2 aromatic carbocycles. The summed E-state index contributed by atoms with van der Waals surface area (Å²) in [5, 5.41) is 4.78. The number of hydrogen-bond acceptors (Lipinski definition) is 4. The van der Waals surface area contributed by atoms with Gasteiger partial charge in [-0.3, -0.25) is 4.79 Å². The lowest BCUT2D eigenvalue weighted by Crippen LogP contribution is -2.24. The van der Waals surface area contributed by atoms with Gasteiger partial charge in [0.2, 0.25) is 5.91 Å². The Bertz CT molecular complexity index is 953. The quantitative estimate of drug-likeness (QED) is 0.693. The summed E-state index contributed by atoms with van der Waals surface area (Å²) in [5.74, 6) is 1.08. The number of rotatable bonds is 4. The zero-order valence-corrected chi connectivity index (χ0v) is 15.1. The van der Waals surface area contributed by atoms with Gasteiger partial charge in [-0.2, -0.15) is 4.98 Å². The van der Waals surface area contributed by atoms with Crippen molar-refractivity contribution in [2.75, 3.05) is 6.54 Å². The van der Waals surface area contributed by atoms with Gasteiger partial charge >= 0.3 is 0 Å². The third-order valence-corrected chi connectivity index (χ3v) is 4.97. The number of halogens is 1. The van der Waals surface area contributed by atoms with Crippen LogP contribution in [-0.4, -0.2) is 27.5 Å². The van der Waals surface area contributed by atoms with Gasteiger partial charge in [0, 0.05) is 36.0 Å². The van der Waals surface area contributed by atoms with Crippen LogP contribution < -0.4 is 0 Å². The van der Waals surface area contributed by atoms with E-state index in [9.17, 15) is 4.79 Å². The number of hydrogen-bond donors (Lipinski definition) is 0. The van der Waals surface area contributed by atoms with Crippen LogP contribution in [-0.2, 0) is 11.3 Å². The smallest absolute Gasteiger partial charge is 0.257 e. The minimum Gasteiger partial charge on any atom is -0.338 e. The molecule has 6 heteroatoms. The first kappa shape index (κ1) is 16.8. The summed E-state index contributed by atoms with van der Waals surface area (Å²) < 4.78 is 5.41. The third kappa shape index (κ3) is 3.35. The highest BCUT2D eigenvalue weighted by atomic mass is 35.5. The lowest BCUT2D eigenvalue weighted by atomic mass is 10.1. The van der Waals surface area contributed by atoms with Crippen molar-refractivity contribution in [3.8, 4) is 11.5 Å². The molecule has 1 amide bonds. The standard InChI is InChI=1S/C20H18ClN3O2/c1-13-5-4-7-14(9-13)20-22-19(23-26-20)16-10-18(25)24(12-16)11-15-6-2-3-8-17(15)21/h2-9,16H,10-12H2,1H3. The van der Waals surface area contributed by atoms with Crippen LogP contribution in [0.2, 0.25) is 5.02 Å². The van der Waals surface area contributed by atoms with Crippen LogP contribution in [0.5, 0.6) is 0 Å². The second-order valence-corrected chi connectivity index (χ2v) is 7.00. The number of aryl methyl sites for hydroxylation is 1. The Kier molecular flexibility index (Phi) is 4.47. The Morgan fingerprint density at radius 2 is 2.08 bits per heavy atom. The van der Waals surface area contributed by atoms with E-state index in [1.54, 1.807) is 4.90 Å². The fourth-order valence-electron chi connectivity index (χ4n) is 3.23. The van der Waals surface area contributed by atoms with Gasteiger partial charge in [0.1, 0.15) is 0 Å². The first-order valence-corrected chi connectivity index (χ1v) is 8.90. The molecule has 1 aliphatic rings. The molecular weight excluding hydrogens is 350 g/mol. The first-order valence-electron chi connectivity index (χ1n) is 8.52. The van der Waals surface area contributed by atoms with Crippen molar-refractivity contribution >= 4 is 17.5 Å². The van der Waals surface area contributed by atoms with Crippen molar-refractivity contribution in [1.82, 2.24) is 15.0 Å². The van der Waals surface area contributed by atoms with Gasteiger partial charge < -0.3 is 9.42 Å². The second kappa shape index (κ2) is 6.92. The van der Waals surface area contributed by atoms with E-state index in [1.807, 2.05) is 55.5 Å². The highest BCUT2D eigenvalue weighted by molar-refractivity contribution is 6.31. The minimum atomic E-state index is -0.0627. The largest absolute Gasteiger partial charge is 0.338 e. The van der Waals surface area contributed by atoms with Crippen LogP contribution in [0.3, 0.4) is 0 Å². The zero-order chi connectivity index (χ0) is 18.1. The number of nitrogens with zero attached hydrogens (tertiary/aromatic N) is 3. The summed E-state index contributed by atoms with van der Waals surface area (Å²) in [6.07, 6.45) is 0.386. The van der Waals surface area contributed by atoms with Gasteiger partial charge in [-0.25, -0.2) is 0 Å². The summed E-state index contributed by atoms with van der Waals surface area (Å²) in [7, 11) is 0. The summed E-state index contributed by atoms with van der Waals surface area (Å²) in [5.41, 5.74) is 2.96. The number of carbonyl (C=O) groups excluding carboxylic acids is 1. The number of likely N-dealkylation sites (tertiary alicyclic amines) is 1. The highest BCUT2D eigenvalue weighted by Gasteiger charge is 2.34. The maximum atomic E-state index is 12.4. The molecule has 3 aromatic rings. The molecule has 2 heterocycles. The maximum Gasteiger partial charge on any atom is 0.257 e. The molecule has 1 unspecified atom stereocenters. The summed E-state index contributed by atoms with van der Waals surface area (Å²) in [6, 6.07) is 15.5. The van der Waals surface area contributed by atoms with E-state index in [2.05, 4.69) is 10.1 Å². The first-order chi connectivity index (χ1) is 12.6. The topological polar surface area (TPSA) is 59.2 Å². The molecule has 0 spiro atoms. The van der Waals surface area contributed by atoms with Gasteiger partial charge in [0.15, 0.2) is 5.82 Å². The fourth-order valence-corrected chi connectivity index (χ4v) is 3.42. The molecule has 1 fully saturated rings. The van der Waals surface area contributed by atoms with Gasteiger partial charge in [0.25, 0.3) is 5.89 Å². The molecule has 0 N–H and O–H groups in total. The highest BCUT2D eigenvalue weighted by Crippen LogP contribution is 2.30. The van der Waals surface area contributed by atoms with Crippen LogP contribution in [0.15, 0.2) is 53.1 Å². The van der Waals surface area contributed by atoms with Crippen LogP contribution >= 0.6 is 11.6 Å². The number of benzene rings is 2. The molecule has 1 aromatic heterocycles. The molecule has 1 aliphatic heterocycles. The predicted molar refractivity (Wildman–Crippen MR) is 98.7 cm³/mol. The molecule has 26 heavy (non-hydrogen) atoms. The van der Waals surface area contributed by atoms with Crippen LogP contribution in [0.25, 0.3) is 11.5 Å². The molecule has 0 aliphatic carbocycles. The van der Waals surface area contributed by atoms with Crippen molar-refractivity contribution in [3.63, 3.8) is 0 Å².